The van der Waals surface area contributed by atoms with Crippen LogP contribution in [0.3, 0.4) is 0 Å². The van der Waals surface area contributed by atoms with E-state index in [9.17, 15) is 10.1 Å². The molecule has 25 heavy (non-hydrogen) atoms. The van der Waals surface area contributed by atoms with Gasteiger partial charge in [-0.1, -0.05) is 24.3 Å². The molecule has 0 spiro atoms. The summed E-state index contributed by atoms with van der Waals surface area (Å²) in [6, 6.07) is 16.7. The van der Waals surface area contributed by atoms with E-state index in [4.69, 9.17) is 4.74 Å². The molecule has 0 saturated carbocycles. The number of ketones is 1. The van der Waals surface area contributed by atoms with Gasteiger partial charge in [0.05, 0.1) is 7.11 Å². The Morgan fingerprint density at radius 3 is 2.40 bits per heavy atom. The number of nitrogens with zero attached hydrogens (tertiary/aromatic N) is 2. The molecule has 0 aromatic heterocycles. The maximum Gasteiger partial charge on any atom is 0.203 e. The molecule has 0 aliphatic heterocycles. The number of hydrogen-bond donors (Lipinski definition) is 0. The highest BCUT2D eigenvalue weighted by Gasteiger charge is 2.13. The summed E-state index contributed by atoms with van der Waals surface area (Å²) >= 11 is 0. The van der Waals surface area contributed by atoms with Gasteiger partial charge >= 0.3 is 0 Å². The zero-order valence-corrected chi connectivity index (χ0v) is 14.8. The lowest BCUT2D eigenvalue weighted by Gasteiger charge is -2.20. The van der Waals surface area contributed by atoms with Crippen LogP contribution < -0.4 is 9.64 Å². The van der Waals surface area contributed by atoms with Crippen LogP contribution in [0.25, 0.3) is 6.08 Å². The van der Waals surface area contributed by atoms with Crippen LogP contribution in [0.4, 0.5) is 5.69 Å². The van der Waals surface area contributed by atoms with E-state index < -0.39 is 0 Å². The summed E-state index contributed by atoms with van der Waals surface area (Å²) in [5.41, 5.74) is 2.49. The van der Waals surface area contributed by atoms with E-state index in [1.165, 1.54) is 0 Å². The Morgan fingerprint density at radius 1 is 1.16 bits per heavy atom. The first-order chi connectivity index (χ1) is 12.1. The monoisotopic (exact) mass is 334 g/mol. The topological polar surface area (TPSA) is 53.3 Å². The maximum absolute atomic E-state index is 12.6. The molecule has 0 bridgehead atoms. The molecule has 0 amide bonds. The van der Waals surface area contributed by atoms with Gasteiger partial charge < -0.3 is 9.64 Å². The van der Waals surface area contributed by atoms with Crippen LogP contribution in [0, 0.1) is 11.3 Å². The molecule has 4 nitrogen and oxygen atoms in total. The van der Waals surface area contributed by atoms with E-state index in [1.54, 1.807) is 37.5 Å². The predicted octanol–water partition coefficient (Wildman–Crippen LogP) is 4.33. The van der Waals surface area contributed by atoms with E-state index >= 15 is 0 Å². The van der Waals surface area contributed by atoms with Gasteiger partial charge in [-0.15, -0.1) is 0 Å². The molecule has 0 aliphatic carbocycles. The van der Waals surface area contributed by atoms with E-state index in [0.29, 0.717) is 11.3 Å². The minimum atomic E-state index is -0.311. The zero-order valence-electron chi connectivity index (χ0n) is 14.8. The fourth-order valence-electron chi connectivity index (χ4n) is 2.61. The number of ether oxygens (including phenoxy) is 1. The highest BCUT2D eigenvalue weighted by molar-refractivity contribution is 6.14. The molecule has 0 N–H and O–H groups in total. The van der Waals surface area contributed by atoms with Crippen molar-refractivity contribution in [2.75, 3.05) is 25.1 Å². The third-order valence-corrected chi connectivity index (χ3v) is 4.03. The Bertz CT molecular complexity index is 797. The van der Waals surface area contributed by atoms with Crippen LogP contribution in [0.2, 0.25) is 0 Å². The van der Waals surface area contributed by atoms with Crippen LogP contribution in [0.1, 0.15) is 29.8 Å². The SMILES string of the molecule is CCN(CC)c1ccc(/C=C(\C#N)C(=O)c2cccc(OC)c2)cc1. The molecule has 0 unspecified atom stereocenters. The standard InChI is InChI=1S/C21H22N2O2/c1-4-23(5-2)19-11-9-16(10-12-19)13-18(15-22)21(24)17-7-6-8-20(14-17)25-3/h6-14H,4-5H2,1-3H3/b18-13+. The Morgan fingerprint density at radius 2 is 1.84 bits per heavy atom. The van der Waals surface area contributed by atoms with Crippen LogP contribution in [-0.2, 0) is 0 Å². The number of Topliss-reactive ketones (excluding diaryl/α,β-unsaturated/α-hetero) is 1. The van der Waals surface area contributed by atoms with E-state index in [0.717, 1.165) is 24.3 Å². The van der Waals surface area contributed by atoms with Crippen molar-refractivity contribution in [3.05, 3.63) is 65.2 Å². The van der Waals surface area contributed by atoms with Crippen LogP contribution >= 0.6 is 0 Å². The van der Waals surface area contributed by atoms with Gasteiger partial charge in [-0.3, -0.25) is 4.79 Å². The van der Waals surface area contributed by atoms with Gasteiger partial charge in [0, 0.05) is 24.3 Å². The smallest absolute Gasteiger partial charge is 0.203 e. The molecule has 0 atom stereocenters. The predicted molar refractivity (Wildman–Crippen MR) is 101 cm³/mol. The van der Waals surface area contributed by atoms with Gasteiger partial charge in [0.1, 0.15) is 17.4 Å². The van der Waals surface area contributed by atoms with Gasteiger partial charge in [-0.05, 0) is 49.8 Å². The summed E-state index contributed by atoms with van der Waals surface area (Å²) in [6.07, 6.45) is 1.62. The first-order valence-corrected chi connectivity index (χ1v) is 8.28. The molecule has 2 aromatic carbocycles. The summed E-state index contributed by atoms with van der Waals surface area (Å²) in [5.74, 6) is 0.279. The van der Waals surface area contributed by atoms with Gasteiger partial charge in [0.2, 0.25) is 5.78 Å². The fraction of sp³-hybridized carbons (Fsp3) is 0.238. The third-order valence-electron chi connectivity index (χ3n) is 4.03. The summed E-state index contributed by atoms with van der Waals surface area (Å²) in [6.45, 7) is 6.09. The highest BCUT2D eigenvalue weighted by Crippen LogP contribution is 2.19. The lowest BCUT2D eigenvalue weighted by molar-refractivity contribution is 0.103. The number of anilines is 1. The van der Waals surface area contributed by atoms with Crippen LogP contribution in [-0.4, -0.2) is 26.0 Å². The molecule has 0 fully saturated rings. The van der Waals surface area contributed by atoms with Crippen molar-refractivity contribution < 1.29 is 9.53 Å². The van der Waals surface area contributed by atoms with Gasteiger partial charge in [-0.25, -0.2) is 0 Å². The van der Waals surface area contributed by atoms with Gasteiger partial charge in [-0.2, -0.15) is 5.26 Å². The number of methoxy groups -OCH3 is 1. The second kappa shape index (κ2) is 8.70. The molecule has 0 heterocycles. The largest absolute Gasteiger partial charge is 0.497 e. The molecular formula is C21H22N2O2. The van der Waals surface area contributed by atoms with Crippen LogP contribution in [0.15, 0.2) is 54.1 Å². The number of hydrogen-bond acceptors (Lipinski definition) is 4. The normalized spacial score (nSPS) is 10.9. The first kappa shape index (κ1) is 18.3. The summed E-state index contributed by atoms with van der Waals surface area (Å²) in [5, 5.41) is 9.39. The number of rotatable bonds is 7. The maximum atomic E-state index is 12.6. The molecule has 2 rings (SSSR count). The lowest BCUT2D eigenvalue weighted by Crippen LogP contribution is -2.21. The molecule has 0 radical (unpaired) electrons. The number of allylic oxidation sites excluding steroid dienone is 1. The summed E-state index contributed by atoms with van der Waals surface area (Å²) < 4.78 is 5.13. The van der Waals surface area contributed by atoms with Gasteiger partial charge in [0.15, 0.2) is 0 Å². The molecule has 0 saturated heterocycles. The molecule has 128 valence electrons. The minimum Gasteiger partial charge on any atom is -0.497 e. The Hall–Kier alpha value is -3.06. The molecule has 2 aromatic rings. The van der Waals surface area contributed by atoms with Crippen molar-refractivity contribution >= 4 is 17.5 Å². The average Bonchev–Trinajstić information content (AvgIpc) is 2.67. The second-order valence-corrected chi connectivity index (χ2v) is 5.49. The number of carbonyl (C=O) groups excluding carboxylic acids is 1. The van der Waals surface area contributed by atoms with Crippen molar-refractivity contribution in [1.29, 1.82) is 5.26 Å². The van der Waals surface area contributed by atoms with Crippen molar-refractivity contribution in [1.82, 2.24) is 0 Å². The van der Waals surface area contributed by atoms with E-state index in [-0.39, 0.29) is 11.4 Å². The number of nitriles is 1. The van der Waals surface area contributed by atoms with Crippen molar-refractivity contribution in [2.45, 2.75) is 13.8 Å². The van der Waals surface area contributed by atoms with Crippen molar-refractivity contribution in [3.63, 3.8) is 0 Å². The lowest BCUT2D eigenvalue weighted by atomic mass is 10.0. The zero-order chi connectivity index (χ0) is 18.2. The Balaban J connectivity index is 2.27. The average molecular weight is 334 g/mol. The molecule has 0 aliphatic rings. The molecular weight excluding hydrogens is 312 g/mol. The summed E-state index contributed by atoms with van der Waals surface area (Å²) in [7, 11) is 1.54. The number of benzene rings is 2. The van der Waals surface area contributed by atoms with Crippen molar-refractivity contribution in [2.24, 2.45) is 0 Å². The first-order valence-electron chi connectivity index (χ1n) is 8.28. The second-order valence-electron chi connectivity index (χ2n) is 5.49. The fourth-order valence-corrected chi connectivity index (χ4v) is 2.61. The van der Waals surface area contributed by atoms with E-state index in [2.05, 4.69) is 18.7 Å². The van der Waals surface area contributed by atoms with E-state index in [1.807, 2.05) is 30.3 Å². The highest BCUT2D eigenvalue weighted by atomic mass is 16.5. The Kier molecular flexibility index (Phi) is 6.36. The van der Waals surface area contributed by atoms with Gasteiger partial charge in [0.25, 0.3) is 0 Å². The summed E-state index contributed by atoms with van der Waals surface area (Å²) in [4.78, 5) is 14.8. The van der Waals surface area contributed by atoms with Crippen LogP contribution in [0.5, 0.6) is 5.75 Å². The minimum absolute atomic E-state index is 0.101. The third kappa shape index (κ3) is 4.48. The Labute approximate surface area is 149 Å². The molecule has 4 heteroatoms. The van der Waals surface area contributed by atoms with Crippen molar-refractivity contribution in [3.8, 4) is 11.8 Å². The number of carbonyl (C=O) groups is 1. The quantitative estimate of drug-likeness (QED) is 0.429.